The SMILES string of the molecule is CC(=O)O[C@@H](C)C(=O)O[C@H](C)C(=O)O[C@H](C)C(=O)O[C@H](C)C(=O)O[C@H](C)C(=O)O[C@H](C)C(=O)O.CCN[C@H]1C[C@H](C)S(=O)(=O)c2sc(S(=O)(=O)NC(=O)[C@H](C)OC(=O)[C@H](C)OC(=O)[C@H](C)OC(=O)[C@H](C)OC(=O)[C@H](C)OC(=O)[C@H](C)OC(C)=O)cc21.CCN[C@H]1C[C@H](C)S(=O)(=O)c2sc(S(N)(=O)=O)cc21. The number of sulfonamides is 2. The molecule has 6 N–H and O–H groups in total. The van der Waals surface area contributed by atoms with E-state index in [0.717, 1.165) is 94.4 Å². The van der Waals surface area contributed by atoms with Crippen LogP contribution in [0, 0.1) is 0 Å². The van der Waals surface area contributed by atoms with Crippen LogP contribution in [0.1, 0.15) is 161 Å². The maximum Gasteiger partial charge on any atom is 0.347 e. The first-order valence-corrected chi connectivity index (χ1v) is 39.4. The molecule has 0 spiro atoms. The van der Waals surface area contributed by atoms with Crippen LogP contribution in [0.2, 0.25) is 0 Å². The van der Waals surface area contributed by atoms with E-state index in [2.05, 4.69) is 24.8 Å². The van der Waals surface area contributed by atoms with Gasteiger partial charge in [-0.2, -0.15) is 0 Å². The molecule has 2 aliphatic rings. The van der Waals surface area contributed by atoms with Crippen LogP contribution in [0.4, 0.5) is 0 Å². The molecule has 2 aromatic heterocycles. The average molecular weight is 1620 g/mol. The van der Waals surface area contributed by atoms with Gasteiger partial charge in [0.05, 0.1) is 10.5 Å². The Morgan fingerprint density at radius 1 is 0.429 bits per heavy atom. The van der Waals surface area contributed by atoms with Crippen molar-refractivity contribution in [1.29, 1.82) is 0 Å². The molecule has 45 heteroatoms. The van der Waals surface area contributed by atoms with Crippen LogP contribution in [0.3, 0.4) is 0 Å². The number of rotatable bonds is 31. The number of carbonyl (C=O) groups excluding carboxylic acids is 13. The first-order chi connectivity index (χ1) is 48.2. The molecule has 1 amide bonds. The molecule has 0 radical (unpaired) electrons. The summed E-state index contributed by atoms with van der Waals surface area (Å²) in [6.07, 6.45) is -17.6. The van der Waals surface area contributed by atoms with E-state index < -0.39 is 217 Å². The molecule has 0 saturated carbocycles. The number of nitrogens with two attached hydrogens (primary N) is 1. The third-order valence-corrected chi connectivity index (χ3v) is 25.2. The van der Waals surface area contributed by atoms with Crippen molar-refractivity contribution in [2.24, 2.45) is 5.14 Å². The topological polar surface area (TPSA) is 569 Å². The van der Waals surface area contributed by atoms with Gasteiger partial charge >= 0.3 is 77.6 Å². The zero-order chi connectivity index (χ0) is 81.0. The van der Waals surface area contributed by atoms with Crippen LogP contribution < -0.4 is 20.5 Å². The third kappa shape index (κ3) is 27.5. The number of carboxylic acid groups (broad SMARTS) is 1. The molecule has 0 fully saturated rings. The Bertz CT molecular complexity index is 4040. The van der Waals surface area contributed by atoms with E-state index >= 15 is 0 Å². The van der Waals surface area contributed by atoms with Crippen LogP contribution in [-0.4, -0.2) is 219 Å². The van der Waals surface area contributed by atoms with Crippen LogP contribution in [0.5, 0.6) is 0 Å². The van der Waals surface area contributed by atoms with Gasteiger partial charge in [0.15, 0.2) is 92.9 Å². The number of carboxylic acids is 1. The van der Waals surface area contributed by atoms with Gasteiger partial charge in [-0.25, -0.2) is 96.3 Å². The lowest BCUT2D eigenvalue weighted by molar-refractivity contribution is -0.187. The summed E-state index contributed by atoms with van der Waals surface area (Å²) in [5.74, 6) is -15.7. The van der Waals surface area contributed by atoms with Gasteiger partial charge in [0.1, 0.15) is 16.8 Å². The normalized spacial score (nSPS) is 19.6. The fourth-order valence-corrected chi connectivity index (χ4v) is 17.9. The Morgan fingerprint density at radius 3 is 0.895 bits per heavy atom. The van der Waals surface area contributed by atoms with Crippen LogP contribution >= 0.6 is 22.7 Å². The monoisotopic (exact) mass is 1610 g/mol. The summed E-state index contributed by atoms with van der Waals surface area (Å²) in [5.41, 5.74) is 0.790. The molecule has 4 heterocycles. The van der Waals surface area contributed by atoms with E-state index in [0.29, 0.717) is 36.4 Å². The van der Waals surface area contributed by atoms with Crippen LogP contribution in [-0.2, 0) is 164 Å². The molecule has 0 aliphatic carbocycles. The summed E-state index contributed by atoms with van der Waals surface area (Å²) in [5, 5.41) is 18.8. The van der Waals surface area contributed by atoms with E-state index in [1.807, 2.05) is 13.8 Å². The number of hydrogen-bond acceptors (Lipinski definition) is 38. The molecule has 2 aliphatic heterocycles. The van der Waals surface area contributed by atoms with Gasteiger partial charge in [0.2, 0.25) is 10.0 Å². The Morgan fingerprint density at radius 2 is 0.657 bits per heavy atom. The lowest BCUT2D eigenvalue weighted by atomic mass is 10.1. The maximum absolute atomic E-state index is 13.0. The number of fused-ring (bicyclic) bond motifs is 2. The second-order valence-corrected chi connectivity index (χ2v) is 34.1. The average Bonchev–Trinajstić information content (AvgIpc) is 1.63. The van der Waals surface area contributed by atoms with Gasteiger partial charge < -0.3 is 72.6 Å². The van der Waals surface area contributed by atoms with Gasteiger partial charge in [-0.15, -0.1) is 22.7 Å². The highest BCUT2D eigenvalue weighted by Gasteiger charge is 2.43. The summed E-state index contributed by atoms with van der Waals surface area (Å²) in [7, 11) is -15.7. The van der Waals surface area contributed by atoms with Gasteiger partial charge in [-0.3, -0.25) is 14.4 Å². The highest BCUT2D eigenvalue weighted by Crippen LogP contribution is 2.44. The fourth-order valence-electron chi connectivity index (χ4n) is 8.40. The van der Waals surface area contributed by atoms with E-state index in [1.54, 1.807) is 11.6 Å². The maximum atomic E-state index is 13.0. The number of primary sulfonamides is 1. The molecule has 0 saturated heterocycles. The summed E-state index contributed by atoms with van der Waals surface area (Å²) < 4.78 is 158. The molecule has 16 atom stereocenters. The van der Waals surface area contributed by atoms with Crippen molar-refractivity contribution < 1.29 is 163 Å². The summed E-state index contributed by atoms with van der Waals surface area (Å²) >= 11 is 1.23. The molecule has 4 rings (SSSR count). The Hall–Kier alpha value is -8.34. The van der Waals surface area contributed by atoms with Crippen molar-refractivity contribution in [3.8, 4) is 0 Å². The highest BCUT2D eigenvalue weighted by molar-refractivity contribution is 7.96. The minimum atomic E-state index is -4.60. The van der Waals surface area contributed by atoms with Gasteiger partial charge in [0, 0.05) is 37.1 Å². The number of sulfone groups is 2. The molecule has 2 aromatic rings. The van der Waals surface area contributed by atoms with Crippen molar-refractivity contribution in [1.82, 2.24) is 15.4 Å². The smallest absolute Gasteiger partial charge is 0.347 e. The predicted octanol–water partition coefficient (Wildman–Crippen LogP) is 0.673. The summed E-state index contributed by atoms with van der Waals surface area (Å²) in [4.78, 5) is 166. The number of nitrogens with one attached hydrogen (secondary N) is 3. The Labute approximate surface area is 612 Å². The van der Waals surface area contributed by atoms with Crippen LogP contribution in [0.25, 0.3) is 0 Å². The Kier molecular flexibility index (Phi) is 35.2. The first kappa shape index (κ1) is 92.7. The third-order valence-electron chi connectivity index (χ3n) is 14.2. The van der Waals surface area contributed by atoms with E-state index in [1.165, 1.54) is 32.9 Å². The van der Waals surface area contributed by atoms with Crippen molar-refractivity contribution in [3.05, 3.63) is 23.3 Å². The molecule has 0 aromatic carbocycles. The van der Waals surface area contributed by atoms with Crippen molar-refractivity contribution in [2.45, 2.75) is 250 Å². The molecular weight excluding hydrogens is 1530 g/mol. The summed E-state index contributed by atoms with van der Waals surface area (Å²) in [6.45, 7) is 23.7. The van der Waals surface area contributed by atoms with Crippen molar-refractivity contribution in [2.75, 3.05) is 13.1 Å². The zero-order valence-electron chi connectivity index (χ0n) is 60.1. The largest absolute Gasteiger partial charge is 0.479 e. The second kappa shape index (κ2) is 39.9. The molecule has 39 nitrogen and oxygen atoms in total. The molecule has 0 bridgehead atoms. The standard InChI is InChI=1S/C30H42N2O17S3.C20H28O14.C10H16N2O4S3/c1-10-31-22-11-13(2)51(40,41)30-21(22)12-23(50-30)52(42,43)32-24(34)14(3)45-26(36)16(5)47-28(38)18(7)49-29(39)19(8)48-27(37)17(6)46-25(35)15(4)44-20(9)33;1-8(15(22)23)30-17(25)10(3)32-19(27)12(5)34-20(28)13(6)33-18(26)11(4)31-16(24)9(2)29-14(7)21;1-3-12-8-4-6(2)18(13,14)10-7(8)5-9(17-10)19(11,15)16/h12-19,22,31H,10-11H2,1-9H3,(H,32,34);8-13H,1-7H3,(H,22,23);5-6,8,12H,3-4H2,1-2H3,(H2,11,15,16)/t13-,14-,15-,16-,17-,18-,19-,22-;8-,9+,10-,11-,12-,13-;6-,8-/m010/s1. The molecule has 105 heavy (non-hydrogen) atoms. The lowest BCUT2D eigenvalue weighted by Gasteiger charge is -2.27. The summed E-state index contributed by atoms with van der Waals surface area (Å²) in [6, 6.07) is 1.98. The molecular formula is C60H86N4O35S6. The number of hydrogen-bond donors (Lipinski definition) is 5. The van der Waals surface area contributed by atoms with Crippen LogP contribution in [0.15, 0.2) is 29.0 Å². The number of thiophene rings is 2. The number of amides is 1. The highest BCUT2D eigenvalue weighted by atomic mass is 32.3. The molecule has 0 unspecified atom stereocenters. The van der Waals surface area contributed by atoms with Gasteiger partial charge in [0.25, 0.3) is 15.9 Å². The molecule has 592 valence electrons. The number of aliphatic carboxylic acids is 1. The second-order valence-electron chi connectivity index (χ2n) is 23.2. The quantitative estimate of drug-likeness (QED) is 0.0511. The minimum absolute atomic E-state index is 0.0990. The minimum Gasteiger partial charge on any atom is -0.479 e. The van der Waals surface area contributed by atoms with E-state index in [9.17, 15) is 101 Å². The van der Waals surface area contributed by atoms with Crippen molar-refractivity contribution >= 4 is 146 Å². The first-order valence-electron chi connectivity index (χ1n) is 31.6. The number of ether oxygens (including phenoxy) is 12. The fraction of sp³-hybridized carbons (Fsp3) is 0.633. The van der Waals surface area contributed by atoms with E-state index in [4.69, 9.17) is 52.9 Å². The van der Waals surface area contributed by atoms with E-state index in [-0.39, 0.29) is 30.7 Å². The lowest BCUT2D eigenvalue weighted by Crippen LogP contribution is -2.41. The number of esters is 12. The Balaban J connectivity index is 0.000000600. The van der Waals surface area contributed by atoms with Gasteiger partial charge in [-0.1, -0.05) is 13.8 Å². The zero-order valence-corrected chi connectivity index (χ0v) is 65.0. The predicted molar refractivity (Wildman–Crippen MR) is 356 cm³/mol. The van der Waals surface area contributed by atoms with Crippen molar-refractivity contribution in [3.63, 3.8) is 0 Å². The number of carbonyl (C=O) groups is 14. The van der Waals surface area contributed by atoms with Gasteiger partial charge in [-0.05, 0) is 135 Å².